The molecule has 0 amide bonds. The summed E-state index contributed by atoms with van der Waals surface area (Å²) in [6.45, 7) is 3.30. The van der Waals surface area contributed by atoms with Gasteiger partial charge in [0.15, 0.2) is 5.09 Å². The molecule has 178 valence electrons. The van der Waals surface area contributed by atoms with E-state index >= 15 is 0 Å². The Morgan fingerprint density at radius 2 is 1.69 bits per heavy atom. The van der Waals surface area contributed by atoms with Crippen LogP contribution in [0.4, 0.5) is 0 Å². The van der Waals surface area contributed by atoms with Crippen molar-refractivity contribution in [3.8, 4) is 5.75 Å². The SMILES string of the molecule is CCCCC(=NOC(C)=O)C(=O)c1ccc(Sc2ccc(C=C3Oc4ccccc4S3)cc2)cc1. The molecule has 1 aliphatic heterocycles. The molecule has 0 aromatic heterocycles. The number of para-hydroxylation sites is 1. The first-order valence-electron chi connectivity index (χ1n) is 11.4. The van der Waals surface area contributed by atoms with Crippen molar-refractivity contribution >= 4 is 47.1 Å². The molecule has 0 fully saturated rings. The Labute approximate surface area is 213 Å². The third-order valence-corrected chi connectivity index (χ3v) is 7.08. The summed E-state index contributed by atoms with van der Waals surface area (Å²) >= 11 is 3.24. The summed E-state index contributed by atoms with van der Waals surface area (Å²) in [6.07, 6.45) is 4.21. The lowest BCUT2D eigenvalue weighted by molar-refractivity contribution is -0.140. The zero-order valence-corrected chi connectivity index (χ0v) is 21.2. The first-order valence-corrected chi connectivity index (χ1v) is 13.0. The molecule has 4 rings (SSSR count). The fraction of sp³-hybridized carbons (Fsp3) is 0.179. The van der Waals surface area contributed by atoms with Crippen LogP contribution in [0.2, 0.25) is 0 Å². The number of nitrogens with zero attached hydrogens (tertiary/aromatic N) is 1. The van der Waals surface area contributed by atoms with Crippen LogP contribution in [0.1, 0.15) is 49.0 Å². The summed E-state index contributed by atoms with van der Waals surface area (Å²) in [5.74, 6) is 0.135. The zero-order valence-electron chi connectivity index (χ0n) is 19.5. The van der Waals surface area contributed by atoms with Gasteiger partial charge in [-0.05, 0) is 84.8 Å². The molecule has 0 atom stereocenters. The zero-order chi connectivity index (χ0) is 24.6. The Balaban J connectivity index is 1.38. The van der Waals surface area contributed by atoms with E-state index in [0.717, 1.165) is 43.9 Å². The van der Waals surface area contributed by atoms with E-state index in [2.05, 4.69) is 35.5 Å². The van der Waals surface area contributed by atoms with Gasteiger partial charge in [0.1, 0.15) is 11.5 Å². The quantitative estimate of drug-likeness (QED) is 0.130. The Kier molecular flexibility index (Phi) is 8.45. The predicted octanol–water partition coefficient (Wildman–Crippen LogP) is 7.61. The molecular formula is C28H25NO4S2. The van der Waals surface area contributed by atoms with Crippen molar-refractivity contribution in [2.75, 3.05) is 0 Å². The van der Waals surface area contributed by atoms with Crippen molar-refractivity contribution in [1.29, 1.82) is 0 Å². The molecule has 5 nitrogen and oxygen atoms in total. The fourth-order valence-electron chi connectivity index (χ4n) is 3.32. The largest absolute Gasteiger partial charge is 0.449 e. The van der Waals surface area contributed by atoms with Crippen LogP contribution in [0.25, 0.3) is 6.08 Å². The smallest absolute Gasteiger partial charge is 0.331 e. The molecule has 3 aromatic carbocycles. The number of ketones is 1. The van der Waals surface area contributed by atoms with Gasteiger partial charge in [-0.3, -0.25) is 4.79 Å². The highest BCUT2D eigenvalue weighted by atomic mass is 32.2. The number of carbonyl (C=O) groups excluding carboxylic acids is 2. The van der Waals surface area contributed by atoms with Crippen LogP contribution in [-0.4, -0.2) is 17.5 Å². The Morgan fingerprint density at radius 3 is 2.34 bits per heavy atom. The van der Waals surface area contributed by atoms with Crippen molar-refractivity contribution < 1.29 is 19.2 Å². The van der Waals surface area contributed by atoms with E-state index in [-0.39, 0.29) is 11.5 Å². The fourth-order valence-corrected chi connectivity index (χ4v) is 5.04. The highest BCUT2D eigenvalue weighted by molar-refractivity contribution is 8.03. The van der Waals surface area contributed by atoms with Gasteiger partial charge < -0.3 is 9.57 Å². The lowest BCUT2D eigenvalue weighted by atomic mass is 10.0. The van der Waals surface area contributed by atoms with Crippen LogP contribution in [0.5, 0.6) is 5.75 Å². The molecule has 0 spiro atoms. The maximum Gasteiger partial charge on any atom is 0.331 e. The molecule has 0 aliphatic carbocycles. The van der Waals surface area contributed by atoms with Gasteiger partial charge in [0.05, 0.1) is 4.90 Å². The number of thioether (sulfide) groups is 1. The summed E-state index contributed by atoms with van der Waals surface area (Å²) < 4.78 is 5.89. The molecule has 1 aliphatic rings. The average molecular weight is 504 g/mol. The van der Waals surface area contributed by atoms with E-state index in [1.54, 1.807) is 35.7 Å². The number of hydrogen-bond acceptors (Lipinski definition) is 7. The molecule has 7 heteroatoms. The van der Waals surface area contributed by atoms with E-state index in [1.807, 2.05) is 43.3 Å². The van der Waals surface area contributed by atoms with Gasteiger partial charge in [0.25, 0.3) is 0 Å². The molecule has 1 heterocycles. The minimum Gasteiger partial charge on any atom is -0.449 e. The number of rotatable bonds is 9. The summed E-state index contributed by atoms with van der Waals surface area (Å²) in [7, 11) is 0. The number of oxime groups is 1. The van der Waals surface area contributed by atoms with E-state index in [9.17, 15) is 9.59 Å². The van der Waals surface area contributed by atoms with Crippen LogP contribution in [0, 0.1) is 0 Å². The van der Waals surface area contributed by atoms with Gasteiger partial charge in [-0.2, -0.15) is 0 Å². The van der Waals surface area contributed by atoms with E-state index < -0.39 is 5.97 Å². The molecule has 0 bridgehead atoms. The Morgan fingerprint density at radius 1 is 1.00 bits per heavy atom. The van der Waals surface area contributed by atoms with Crippen molar-refractivity contribution in [3.63, 3.8) is 0 Å². The monoisotopic (exact) mass is 503 g/mol. The van der Waals surface area contributed by atoms with Crippen molar-refractivity contribution in [1.82, 2.24) is 0 Å². The van der Waals surface area contributed by atoms with Crippen LogP contribution >= 0.6 is 23.5 Å². The van der Waals surface area contributed by atoms with Gasteiger partial charge in [-0.25, -0.2) is 4.79 Å². The maximum atomic E-state index is 12.8. The number of ether oxygens (including phenoxy) is 1. The first kappa shape index (κ1) is 24.8. The Bertz CT molecular complexity index is 1240. The number of hydrogen-bond donors (Lipinski definition) is 0. The van der Waals surface area contributed by atoms with Crippen molar-refractivity contribution in [3.05, 3.63) is 89.0 Å². The molecule has 0 unspecified atom stereocenters. The minimum atomic E-state index is -0.541. The second-order valence-electron chi connectivity index (χ2n) is 7.86. The van der Waals surface area contributed by atoms with Gasteiger partial charge >= 0.3 is 5.97 Å². The maximum absolute atomic E-state index is 12.8. The number of Topliss-reactive ketones (excluding diaryl/α,β-unsaturated/α-hetero) is 1. The third-order valence-electron chi connectivity index (χ3n) is 5.10. The number of unbranched alkanes of at least 4 members (excludes halogenated alkanes) is 1. The normalized spacial score (nSPS) is 13.9. The van der Waals surface area contributed by atoms with Crippen molar-refractivity contribution in [2.45, 2.75) is 47.8 Å². The topological polar surface area (TPSA) is 65.0 Å². The lowest BCUT2D eigenvalue weighted by Gasteiger charge is -2.07. The second-order valence-corrected chi connectivity index (χ2v) is 10.1. The highest BCUT2D eigenvalue weighted by Gasteiger charge is 2.17. The van der Waals surface area contributed by atoms with E-state index in [1.165, 1.54) is 6.92 Å². The molecule has 3 aromatic rings. The number of fused-ring (bicyclic) bond motifs is 1. The van der Waals surface area contributed by atoms with Gasteiger partial charge in [0, 0.05) is 22.3 Å². The summed E-state index contributed by atoms with van der Waals surface area (Å²) in [5, 5.41) is 4.64. The Hall–Kier alpha value is -3.29. The first-order chi connectivity index (χ1) is 17.0. The number of carbonyl (C=O) groups is 2. The van der Waals surface area contributed by atoms with Crippen LogP contribution in [0.15, 0.2) is 97.7 Å². The number of benzene rings is 3. The van der Waals surface area contributed by atoms with E-state index in [0.29, 0.717) is 12.0 Å². The summed E-state index contributed by atoms with van der Waals surface area (Å²) in [4.78, 5) is 31.9. The second kappa shape index (κ2) is 11.9. The van der Waals surface area contributed by atoms with E-state index in [4.69, 9.17) is 9.57 Å². The van der Waals surface area contributed by atoms with Gasteiger partial charge in [-0.1, -0.05) is 54.5 Å². The standard InChI is InChI=1S/C28H25NO4S2/c1-3-4-7-24(29-33-19(2)30)28(31)21-12-16-23(17-13-21)34-22-14-10-20(11-15-22)18-27-32-25-8-5-6-9-26(25)35-27/h5-6,8-18H,3-4,7H2,1-2H3. The van der Waals surface area contributed by atoms with Crippen LogP contribution < -0.4 is 4.74 Å². The lowest BCUT2D eigenvalue weighted by Crippen LogP contribution is -2.15. The summed E-state index contributed by atoms with van der Waals surface area (Å²) in [6, 6.07) is 23.7. The molecule has 0 saturated carbocycles. The molecule has 35 heavy (non-hydrogen) atoms. The molecular weight excluding hydrogens is 478 g/mol. The van der Waals surface area contributed by atoms with Crippen LogP contribution in [0.3, 0.4) is 0 Å². The highest BCUT2D eigenvalue weighted by Crippen LogP contribution is 2.43. The minimum absolute atomic E-state index is 0.220. The predicted molar refractivity (Wildman–Crippen MR) is 141 cm³/mol. The van der Waals surface area contributed by atoms with Gasteiger partial charge in [0.2, 0.25) is 5.78 Å². The average Bonchev–Trinajstić information content (AvgIpc) is 3.27. The molecule has 0 N–H and O–H groups in total. The third kappa shape index (κ3) is 6.87. The molecule has 0 radical (unpaired) electrons. The van der Waals surface area contributed by atoms with Crippen molar-refractivity contribution in [2.24, 2.45) is 5.16 Å². The van der Waals surface area contributed by atoms with Gasteiger partial charge in [-0.15, -0.1) is 0 Å². The van der Waals surface area contributed by atoms with Crippen LogP contribution in [-0.2, 0) is 9.63 Å². The molecule has 0 saturated heterocycles. The summed E-state index contributed by atoms with van der Waals surface area (Å²) in [5.41, 5.74) is 1.85.